The van der Waals surface area contributed by atoms with Gasteiger partial charge in [0, 0.05) is 24.3 Å². The summed E-state index contributed by atoms with van der Waals surface area (Å²) >= 11 is 0. The number of benzene rings is 1. The highest BCUT2D eigenvalue weighted by molar-refractivity contribution is 5.75. The fraction of sp³-hybridized carbons (Fsp3) is 0.462. The summed E-state index contributed by atoms with van der Waals surface area (Å²) in [5.74, 6) is 0. The van der Waals surface area contributed by atoms with Gasteiger partial charge in [-0.25, -0.2) is 0 Å². The molecule has 0 N–H and O–H groups in total. The van der Waals surface area contributed by atoms with Gasteiger partial charge in [0.25, 0.3) is 0 Å². The van der Waals surface area contributed by atoms with E-state index < -0.39 is 0 Å². The van der Waals surface area contributed by atoms with Gasteiger partial charge in [-0.1, -0.05) is 12.8 Å². The molecule has 1 saturated heterocycles. The lowest BCUT2D eigenvalue weighted by molar-refractivity contribution is 0.112. The summed E-state index contributed by atoms with van der Waals surface area (Å²) in [5, 5.41) is 0. The van der Waals surface area contributed by atoms with Crippen molar-refractivity contribution in [2.45, 2.75) is 25.7 Å². The number of carbonyl (C=O) groups excluding carboxylic acids is 1. The largest absolute Gasteiger partial charge is 0.372 e. The normalized spacial score (nSPS) is 17.2. The minimum absolute atomic E-state index is 0.758. The van der Waals surface area contributed by atoms with E-state index in [4.69, 9.17) is 0 Å². The average Bonchev–Trinajstić information content (AvgIpc) is 2.58. The molecule has 1 heterocycles. The van der Waals surface area contributed by atoms with Gasteiger partial charge in [-0.05, 0) is 37.1 Å². The van der Waals surface area contributed by atoms with Crippen LogP contribution in [0.2, 0.25) is 0 Å². The third kappa shape index (κ3) is 2.58. The summed E-state index contributed by atoms with van der Waals surface area (Å²) in [6.07, 6.45) is 6.17. The number of aldehydes is 1. The summed E-state index contributed by atoms with van der Waals surface area (Å²) in [6.45, 7) is 2.31. The molecule has 0 unspecified atom stereocenters. The van der Waals surface area contributed by atoms with E-state index in [2.05, 4.69) is 17.0 Å². The quantitative estimate of drug-likeness (QED) is 0.689. The number of anilines is 1. The highest BCUT2D eigenvalue weighted by Crippen LogP contribution is 2.19. The second-order valence-electron chi connectivity index (χ2n) is 4.11. The maximum absolute atomic E-state index is 10.5. The summed E-state index contributed by atoms with van der Waals surface area (Å²) < 4.78 is 0. The summed E-state index contributed by atoms with van der Waals surface area (Å²) in [5.41, 5.74) is 2.01. The average molecular weight is 203 g/mol. The molecule has 0 aliphatic carbocycles. The Morgan fingerprint density at radius 1 is 0.933 bits per heavy atom. The minimum Gasteiger partial charge on any atom is -0.372 e. The van der Waals surface area contributed by atoms with Crippen molar-refractivity contribution in [3.63, 3.8) is 0 Å². The molecule has 1 fully saturated rings. The van der Waals surface area contributed by atoms with Crippen LogP contribution in [0.3, 0.4) is 0 Å². The molecule has 0 aromatic heterocycles. The molecule has 0 atom stereocenters. The molecule has 2 heteroatoms. The molecule has 1 aliphatic heterocycles. The van der Waals surface area contributed by atoms with Crippen LogP contribution in [-0.4, -0.2) is 19.4 Å². The summed E-state index contributed by atoms with van der Waals surface area (Å²) in [4.78, 5) is 13.0. The molecule has 0 saturated carbocycles. The number of hydrogen-bond donors (Lipinski definition) is 0. The Labute approximate surface area is 90.9 Å². The Hall–Kier alpha value is -1.31. The molecule has 0 bridgehead atoms. The molecule has 1 aliphatic rings. The van der Waals surface area contributed by atoms with Gasteiger partial charge in [-0.3, -0.25) is 4.79 Å². The molecule has 1 aromatic carbocycles. The number of rotatable bonds is 2. The zero-order valence-corrected chi connectivity index (χ0v) is 8.98. The van der Waals surface area contributed by atoms with Crippen molar-refractivity contribution >= 4 is 12.0 Å². The minimum atomic E-state index is 0.758. The fourth-order valence-electron chi connectivity index (χ4n) is 2.09. The Bertz CT molecular complexity index is 310. The molecular weight excluding hydrogens is 186 g/mol. The summed E-state index contributed by atoms with van der Waals surface area (Å²) in [6, 6.07) is 7.89. The first kappa shape index (κ1) is 10.2. The van der Waals surface area contributed by atoms with Crippen LogP contribution in [0.1, 0.15) is 36.0 Å². The lowest BCUT2D eigenvalue weighted by Crippen LogP contribution is -2.23. The van der Waals surface area contributed by atoms with Crippen LogP contribution in [0.15, 0.2) is 24.3 Å². The first-order chi connectivity index (χ1) is 7.40. The van der Waals surface area contributed by atoms with Crippen molar-refractivity contribution in [1.29, 1.82) is 0 Å². The van der Waals surface area contributed by atoms with E-state index in [9.17, 15) is 4.79 Å². The highest BCUT2D eigenvalue weighted by Gasteiger charge is 2.09. The molecule has 0 spiro atoms. The Morgan fingerprint density at radius 3 is 2.07 bits per heavy atom. The Morgan fingerprint density at radius 2 is 1.53 bits per heavy atom. The van der Waals surface area contributed by atoms with Gasteiger partial charge in [0.2, 0.25) is 0 Å². The smallest absolute Gasteiger partial charge is 0.150 e. The van der Waals surface area contributed by atoms with Crippen LogP contribution in [-0.2, 0) is 0 Å². The molecule has 2 rings (SSSR count). The first-order valence-corrected chi connectivity index (χ1v) is 5.70. The Kier molecular flexibility index (Phi) is 3.38. The van der Waals surface area contributed by atoms with Gasteiger partial charge in [-0.2, -0.15) is 0 Å². The van der Waals surface area contributed by atoms with Crippen molar-refractivity contribution in [2.24, 2.45) is 0 Å². The van der Waals surface area contributed by atoms with Crippen LogP contribution in [0.5, 0.6) is 0 Å². The maximum atomic E-state index is 10.5. The van der Waals surface area contributed by atoms with E-state index in [1.54, 1.807) is 0 Å². The third-order valence-corrected chi connectivity index (χ3v) is 3.00. The van der Waals surface area contributed by atoms with E-state index in [0.29, 0.717) is 0 Å². The van der Waals surface area contributed by atoms with Crippen LogP contribution >= 0.6 is 0 Å². The van der Waals surface area contributed by atoms with Gasteiger partial charge in [0.15, 0.2) is 0 Å². The lowest BCUT2D eigenvalue weighted by Gasteiger charge is -2.22. The van der Waals surface area contributed by atoms with E-state index in [-0.39, 0.29) is 0 Å². The zero-order valence-electron chi connectivity index (χ0n) is 8.98. The van der Waals surface area contributed by atoms with Gasteiger partial charge in [0.05, 0.1) is 0 Å². The number of nitrogens with zero attached hydrogens (tertiary/aromatic N) is 1. The zero-order chi connectivity index (χ0) is 10.5. The predicted octanol–water partition coefficient (Wildman–Crippen LogP) is 2.88. The molecule has 0 radical (unpaired) electrons. The second-order valence-corrected chi connectivity index (χ2v) is 4.11. The van der Waals surface area contributed by atoms with E-state index >= 15 is 0 Å². The lowest BCUT2D eigenvalue weighted by atomic mass is 10.2. The maximum Gasteiger partial charge on any atom is 0.150 e. The van der Waals surface area contributed by atoms with E-state index in [0.717, 1.165) is 24.9 Å². The van der Waals surface area contributed by atoms with Crippen molar-refractivity contribution in [2.75, 3.05) is 18.0 Å². The molecular formula is C13H17NO. The van der Waals surface area contributed by atoms with Crippen LogP contribution < -0.4 is 4.90 Å². The first-order valence-electron chi connectivity index (χ1n) is 5.70. The molecule has 0 amide bonds. The fourth-order valence-corrected chi connectivity index (χ4v) is 2.09. The standard InChI is InChI=1S/C13H17NO/c15-11-12-5-7-13(8-6-12)14-9-3-1-2-4-10-14/h5-8,11H,1-4,9-10H2. The van der Waals surface area contributed by atoms with Crippen LogP contribution in [0.25, 0.3) is 0 Å². The van der Waals surface area contributed by atoms with Gasteiger partial charge in [0.1, 0.15) is 6.29 Å². The van der Waals surface area contributed by atoms with Gasteiger partial charge < -0.3 is 4.90 Å². The van der Waals surface area contributed by atoms with Gasteiger partial charge >= 0.3 is 0 Å². The molecule has 1 aromatic rings. The molecule has 15 heavy (non-hydrogen) atoms. The Balaban J connectivity index is 2.09. The van der Waals surface area contributed by atoms with Crippen LogP contribution in [0, 0.1) is 0 Å². The molecule has 2 nitrogen and oxygen atoms in total. The number of carbonyl (C=O) groups is 1. The van der Waals surface area contributed by atoms with Crippen molar-refractivity contribution in [3.05, 3.63) is 29.8 Å². The van der Waals surface area contributed by atoms with E-state index in [1.165, 1.54) is 31.4 Å². The predicted molar refractivity (Wildman–Crippen MR) is 62.5 cm³/mol. The third-order valence-electron chi connectivity index (χ3n) is 3.00. The summed E-state index contributed by atoms with van der Waals surface area (Å²) in [7, 11) is 0. The van der Waals surface area contributed by atoms with E-state index in [1.807, 2.05) is 12.1 Å². The monoisotopic (exact) mass is 203 g/mol. The topological polar surface area (TPSA) is 20.3 Å². The van der Waals surface area contributed by atoms with Crippen molar-refractivity contribution < 1.29 is 4.79 Å². The number of hydrogen-bond acceptors (Lipinski definition) is 2. The van der Waals surface area contributed by atoms with Crippen molar-refractivity contribution in [1.82, 2.24) is 0 Å². The van der Waals surface area contributed by atoms with Gasteiger partial charge in [-0.15, -0.1) is 0 Å². The second kappa shape index (κ2) is 4.96. The SMILES string of the molecule is O=Cc1ccc(N2CCCCCC2)cc1. The highest BCUT2D eigenvalue weighted by atomic mass is 16.1. The van der Waals surface area contributed by atoms with Crippen LogP contribution in [0.4, 0.5) is 5.69 Å². The van der Waals surface area contributed by atoms with Crippen molar-refractivity contribution in [3.8, 4) is 0 Å². The molecule has 80 valence electrons.